The lowest BCUT2D eigenvalue weighted by Crippen LogP contribution is -2.45. The van der Waals surface area contributed by atoms with E-state index in [9.17, 15) is 14.4 Å². The molecule has 21 heavy (non-hydrogen) atoms. The first kappa shape index (κ1) is 17.2. The Morgan fingerprint density at radius 3 is 2.57 bits per heavy atom. The van der Waals surface area contributed by atoms with Crippen molar-refractivity contribution in [2.24, 2.45) is 5.92 Å². The number of ether oxygens (including phenoxy) is 1. The van der Waals surface area contributed by atoms with Crippen LogP contribution in [0.1, 0.15) is 29.9 Å². The summed E-state index contributed by atoms with van der Waals surface area (Å²) < 4.78 is 4.64. The molecule has 0 aromatic carbocycles. The molecular formula is C14H20N2O4S. The Bertz CT molecular complexity index is 485. The average Bonchev–Trinajstić information content (AvgIpc) is 2.97. The quantitative estimate of drug-likeness (QED) is 0.741. The Balaban J connectivity index is 2.36. The van der Waals surface area contributed by atoms with Gasteiger partial charge in [0.2, 0.25) is 5.91 Å². The third kappa shape index (κ3) is 5.55. The van der Waals surface area contributed by atoms with Crippen LogP contribution in [0.15, 0.2) is 17.5 Å². The molecule has 7 heteroatoms. The maximum Gasteiger partial charge on any atom is 0.328 e. The van der Waals surface area contributed by atoms with Gasteiger partial charge in [-0.2, -0.15) is 0 Å². The first-order chi connectivity index (χ1) is 9.95. The molecule has 0 radical (unpaired) electrons. The van der Waals surface area contributed by atoms with Crippen LogP contribution in [-0.4, -0.2) is 37.5 Å². The largest absolute Gasteiger partial charge is 0.467 e. The van der Waals surface area contributed by atoms with E-state index in [2.05, 4.69) is 15.4 Å². The number of methoxy groups -OCH3 is 1. The topological polar surface area (TPSA) is 84.5 Å². The summed E-state index contributed by atoms with van der Waals surface area (Å²) in [4.78, 5) is 35.6. The van der Waals surface area contributed by atoms with Crippen LogP contribution >= 0.6 is 11.3 Å². The summed E-state index contributed by atoms with van der Waals surface area (Å²) in [6, 6.07) is 2.83. The van der Waals surface area contributed by atoms with Crippen LogP contribution in [0.2, 0.25) is 0 Å². The molecular weight excluding hydrogens is 292 g/mol. The molecule has 0 bridgehead atoms. The number of nitrogens with one attached hydrogen (secondary N) is 2. The van der Waals surface area contributed by atoms with Crippen molar-refractivity contribution in [3.63, 3.8) is 0 Å². The van der Waals surface area contributed by atoms with Crippen molar-refractivity contribution < 1.29 is 19.1 Å². The summed E-state index contributed by atoms with van der Waals surface area (Å²) in [6.45, 7) is 3.86. The van der Waals surface area contributed by atoms with Gasteiger partial charge in [0.1, 0.15) is 6.04 Å². The van der Waals surface area contributed by atoms with Gasteiger partial charge in [-0.3, -0.25) is 9.59 Å². The molecule has 1 aromatic heterocycles. The van der Waals surface area contributed by atoms with Crippen LogP contribution in [0.5, 0.6) is 0 Å². The zero-order chi connectivity index (χ0) is 15.8. The Morgan fingerprint density at radius 1 is 1.33 bits per heavy atom. The van der Waals surface area contributed by atoms with E-state index in [-0.39, 0.29) is 30.7 Å². The Labute approximate surface area is 127 Å². The standard InChI is InChI=1S/C14H20N2O4S/c1-9(2)12(14(19)20-3)16-11(17)6-7-15-13(18)10-5-4-8-21-10/h4-5,8-9,12H,6-7H2,1-3H3,(H,15,18)(H,16,17). The highest BCUT2D eigenvalue weighted by molar-refractivity contribution is 7.12. The number of hydrogen-bond donors (Lipinski definition) is 2. The maximum absolute atomic E-state index is 11.8. The monoisotopic (exact) mass is 312 g/mol. The van der Waals surface area contributed by atoms with E-state index < -0.39 is 12.0 Å². The number of carbonyl (C=O) groups is 3. The van der Waals surface area contributed by atoms with Gasteiger partial charge in [0.15, 0.2) is 0 Å². The van der Waals surface area contributed by atoms with E-state index in [0.717, 1.165) is 0 Å². The molecule has 1 aromatic rings. The molecule has 1 heterocycles. The smallest absolute Gasteiger partial charge is 0.328 e. The van der Waals surface area contributed by atoms with Crippen LogP contribution in [-0.2, 0) is 14.3 Å². The van der Waals surface area contributed by atoms with Crippen LogP contribution < -0.4 is 10.6 Å². The van der Waals surface area contributed by atoms with E-state index in [1.165, 1.54) is 18.4 Å². The predicted octanol–water partition coefficient (Wildman–Crippen LogP) is 1.18. The van der Waals surface area contributed by atoms with E-state index in [0.29, 0.717) is 4.88 Å². The van der Waals surface area contributed by atoms with Gasteiger partial charge in [0.25, 0.3) is 5.91 Å². The number of carbonyl (C=O) groups excluding carboxylic acids is 3. The van der Waals surface area contributed by atoms with Crippen LogP contribution in [0, 0.1) is 5.92 Å². The van der Waals surface area contributed by atoms with Crippen LogP contribution in [0.25, 0.3) is 0 Å². The van der Waals surface area contributed by atoms with Crippen molar-refractivity contribution >= 4 is 29.1 Å². The highest BCUT2D eigenvalue weighted by Gasteiger charge is 2.24. The van der Waals surface area contributed by atoms with Crippen molar-refractivity contribution in [1.29, 1.82) is 0 Å². The summed E-state index contributed by atoms with van der Waals surface area (Å²) in [6.07, 6.45) is 0.108. The molecule has 0 spiro atoms. The van der Waals surface area contributed by atoms with Crippen molar-refractivity contribution in [2.45, 2.75) is 26.3 Å². The van der Waals surface area contributed by atoms with Crippen molar-refractivity contribution in [3.8, 4) is 0 Å². The van der Waals surface area contributed by atoms with Gasteiger partial charge in [-0.05, 0) is 17.4 Å². The van der Waals surface area contributed by atoms with Crippen LogP contribution in [0.4, 0.5) is 0 Å². The van der Waals surface area contributed by atoms with Gasteiger partial charge in [-0.1, -0.05) is 19.9 Å². The third-order valence-corrected chi connectivity index (χ3v) is 3.69. The minimum Gasteiger partial charge on any atom is -0.467 e. The summed E-state index contributed by atoms with van der Waals surface area (Å²) in [5, 5.41) is 7.08. The Kier molecular flexibility index (Phi) is 6.87. The highest BCUT2D eigenvalue weighted by atomic mass is 32.1. The molecule has 1 atom stereocenters. The molecule has 0 fully saturated rings. The predicted molar refractivity (Wildman–Crippen MR) is 80.1 cm³/mol. The molecule has 1 unspecified atom stereocenters. The number of esters is 1. The minimum absolute atomic E-state index is 0.0675. The fourth-order valence-corrected chi connectivity index (χ4v) is 2.29. The third-order valence-electron chi connectivity index (χ3n) is 2.82. The average molecular weight is 312 g/mol. The zero-order valence-corrected chi connectivity index (χ0v) is 13.2. The Morgan fingerprint density at radius 2 is 2.05 bits per heavy atom. The number of thiophene rings is 1. The first-order valence-corrected chi connectivity index (χ1v) is 7.52. The molecule has 1 rings (SSSR count). The van der Waals surface area contributed by atoms with Gasteiger partial charge in [-0.25, -0.2) is 4.79 Å². The highest BCUT2D eigenvalue weighted by Crippen LogP contribution is 2.07. The van der Waals surface area contributed by atoms with E-state index in [1.807, 2.05) is 19.2 Å². The second-order valence-corrected chi connectivity index (χ2v) is 5.74. The van der Waals surface area contributed by atoms with Gasteiger partial charge < -0.3 is 15.4 Å². The summed E-state index contributed by atoms with van der Waals surface area (Å²) in [7, 11) is 1.28. The summed E-state index contributed by atoms with van der Waals surface area (Å²) >= 11 is 1.34. The van der Waals surface area contributed by atoms with E-state index in [1.54, 1.807) is 12.1 Å². The Hall–Kier alpha value is -1.89. The van der Waals surface area contributed by atoms with Gasteiger partial charge in [0.05, 0.1) is 12.0 Å². The lowest BCUT2D eigenvalue weighted by molar-refractivity contribution is -0.146. The number of hydrogen-bond acceptors (Lipinski definition) is 5. The molecule has 0 aliphatic carbocycles. The molecule has 0 aliphatic rings. The molecule has 6 nitrogen and oxygen atoms in total. The minimum atomic E-state index is -0.671. The molecule has 0 saturated carbocycles. The molecule has 2 amide bonds. The van der Waals surface area contributed by atoms with Crippen LogP contribution in [0.3, 0.4) is 0 Å². The number of amides is 2. The summed E-state index contributed by atoms with van der Waals surface area (Å²) in [5.74, 6) is -1.04. The van der Waals surface area contributed by atoms with E-state index >= 15 is 0 Å². The SMILES string of the molecule is COC(=O)C(NC(=O)CCNC(=O)c1cccs1)C(C)C. The molecule has 0 aliphatic heterocycles. The lowest BCUT2D eigenvalue weighted by atomic mass is 10.0. The zero-order valence-electron chi connectivity index (χ0n) is 12.3. The normalized spacial score (nSPS) is 11.8. The first-order valence-electron chi connectivity index (χ1n) is 6.64. The van der Waals surface area contributed by atoms with E-state index in [4.69, 9.17) is 0 Å². The van der Waals surface area contributed by atoms with Gasteiger partial charge >= 0.3 is 5.97 Å². The van der Waals surface area contributed by atoms with Gasteiger partial charge in [0, 0.05) is 13.0 Å². The van der Waals surface area contributed by atoms with Gasteiger partial charge in [-0.15, -0.1) is 11.3 Å². The fourth-order valence-electron chi connectivity index (χ4n) is 1.65. The van der Waals surface area contributed by atoms with Crippen molar-refractivity contribution in [3.05, 3.63) is 22.4 Å². The summed E-state index contributed by atoms with van der Waals surface area (Å²) in [5.41, 5.74) is 0. The van der Waals surface area contributed by atoms with Crippen molar-refractivity contribution in [2.75, 3.05) is 13.7 Å². The fraction of sp³-hybridized carbons (Fsp3) is 0.500. The molecule has 116 valence electrons. The second-order valence-electron chi connectivity index (χ2n) is 4.80. The molecule has 2 N–H and O–H groups in total. The second kappa shape index (κ2) is 8.41. The maximum atomic E-state index is 11.8. The molecule has 0 saturated heterocycles. The lowest BCUT2D eigenvalue weighted by Gasteiger charge is -2.19. The van der Waals surface area contributed by atoms with Crippen molar-refractivity contribution in [1.82, 2.24) is 10.6 Å². The number of rotatable bonds is 7.